The van der Waals surface area contributed by atoms with E-state index < -0.39 is 19.8 Å². The molecule has 1 N–H and O–H groups in total. The van der Waals surface area contributed by atoms with Gasteiger partial charge in [0, 0.05) is 55.3 Å². The van der Waals surface area contributed by atoms with Crippen molar-refractivity contribution in [1.82, 2.24) is 4.90 Å². The Balaban J connectivity index is 1.20. The third-order valence-corrected chi connectivity index (χ3v) is 19.0. The predicted molar refractivity (Wildman–Crippen MR) is 241 cm³/mol. The molecule has 0 saturated carbocycles. The molecule has 8 rings (SSSR count). The summed E-state index contributed by atoms with van der Waals surface area (Å²) in [5, 5.41) is 11.4. The number of aliphatic hydroxyl groups is 1. The quantitative estimate of drug-likeness (QED) is 0.211. The van der Waals surface area contributed by atoms with E-state index >= 15 is 4.79 Å². The topological polar surface area (TPSA) is 120 Å². The Morgan fingerprint density at radius 3 is 2.07 bits per heavy atom. The van der Waals surface area contributed by atoms with Crippen molar-refractivity contribution in [2.75, 3.05) is 48.1 Å². The molecule has 5 heterocycles. The van der Waals surface area contributed by atoms with Gasteiger partial charge in [-0.1, -0.05) is 75.2 Å². The molecular formula is C49H64N4O7Si. The highest BCUT2D eigenvalue weighted by Crippen LogP contribution is 2.60. The van der Waals surface area contributed by atoms with Gasteiger partial charge in [-0.3, -0.25) is 19.2 Å². The van der Waals surface area contributed by atoms with Crippen LogP contribution in [0.3, 0.4) is 0 Å². The molecule has 0 bridgehead atoms. The van der Waals surface area contributed by atoms with Gasteiger partial charge in [0.15, 0.2) is 5.60 Å². The maximum Gasteiger partial charge on any atom is 0.264 e. The van der Waals surface area contributed by atoms with Crippen LogP contribution in [0.2, 0.25) is 18.6 Å². The number of likely N-dealkylation sites (tertiary alicyclic amines) is 1. The van der Waals surface area contributed by atoms with Crippen molar-refractivity contribution >= 4 is 54.0 Å². The van der Waals surface area contributed by atoms with Crippen LogP contribution in [0, 0.1) is 5.92 Å². The van der Waals surface area contributed by atoms with Gasteiger partial charge in [-0.15, -0.1) is 0 Å². The van der Waals surface area contributed by atoms with E-state index in [0.717, 1.165) is 98.1 Å². The first-order valence-corrected chi connectivity index (χ1v) is 25.9. The summed E-state index contributed by atoms with van der Waals surface area (Å²) in [5.41, 5.74) is 2.49. The van der Waals surface area contributed by atoms with Crippen molar-refractivity contribution in [3.8, 4) is 5.75 Å². The molecule has 5 atom stereocenters. The van der Waals surface area contributed by atoms with E-state index in [4.69, 9.17) is 9.47 Å². The lowest BCUT2D eigenvalue weighted by Crippen LogP contribution is -2.52. The average molecular weight is 849 g/mol. The zero-order valence-corrected chi connectivity index (χ0v) is 37.6. The van der Waals surface area contributed by atoms with Gasteiger partial charge in [-0.2, -0.15) is 0 Å². The van der Waals surface area contributed by atoms with E-state index in [9.17, 15) is 19.5 Å². The first-order chi connectivity index (χ1) is 29.5. The Kier molecular flexibility index (Phi) is 12.8. The standard InChI is InChI=1S/C49H64N4O7Si/c1-34-47(61(3,4)40-24-22-39(59-2)23-25-40)43(31-46(57)52-29-13-14-38(52)33-54)60-49(34)41-30-37(51-28-12-8-6-10-16-45(51)56)21-26-42(41)53(48(49)58)32-35-17-19-36(20-18-35)50-27-11-7-5-9-15-44(50)55/h17-26,30,34,38,43,47,54H,5-16,27-29,31-33H2,1-4H3/t34-,38+,43+,47-,49+/m1/s1. The van der Waals surface area contributed by atoms with E-state index in [2.05, 4.69) is 32.2 Å². The summed E-state index contributed by atoms with van der Waals surface area (Å²) >= 11 is 0. The summed E-state index contributed by atoms with van der Waals surface area (Å²) in [6.07, 6.45) is 10.1. The summed E-state index contributed by atoms with van der Waals surface area (Å²) in [6.45, 7) is 8.88. The zero-order chi connectivity index (χ0) is 42.9. The van der Waals surface area contributed by atoms with Gasteiger partial charge in [0.05, 0.1) is 52.6 Å². The maximum absolute atomic E-state index is 15.7. The number of fused-ring (bicyclic) bond motifs is 2. The molecule has 0 unspecified atom stereocenters. The molecule has 5 aliphatic heterocycles. The Bertz CT molecular complexity index is 2090. The van der Waals surface area contributed by atoms with Crippen molar-refractivity contribution in [3.63, 3.8) is 0 Å². The lowest BCUT2D eigenvalue weighted by atomic mass is 9.82. The van der Waals surface area contributed by atoms with Crippen LogP contribution >= 0.6 is 0 Å². The molecule has 5 aliphatic rings. The molecule has 12 heteroatoms. The SMILES string of the molecule is COc1ccc([Si](C)(C)[C@H]2[C@H](CC(=O)N3CCC[C@H]3CO)O[C@@]3(C(=O)N(Cc4ccc(N5CCCCCCC5=O)cc4)c4ccc(N5CCCCCCC5=O)cc43)[C@@H]2C)cc1. The Morgan fingerprint density at radius 2 is 1.43 bits per heavy atom. The number of carbonyl (C=O) groups is 4. The summed E-state index contributed by atoms with van der Waals surface area (Å²) in [6, 6.07) is 22.0. The number of nitrogens with zero attached hydrogens (tertiary/aromatic N) is 4. The highest BCUT2D eigenvalue weighted by molar-refractivity contribution is 6.91. The summed E-state index contributed by atoms with van der Waals surface area (Å²) in [5.74, 6) is 0.447. The molecule has 11 nitrogen and oxygen atoms in total. The fourth-order valence-corrected chi connectivity index (χ4v) is 15.3. The van der Waals surface area contributed by atoms with Crippen LogP contribution in [-0.4, -0.2) is 87.2 Å². The van der Waals surface area contributed by atoms with Crippen molar-refractivity contribution in [2.24, 2.45) is 5.92 Å². The number of amides is 4. The second-order valence-corrected chi connectivity index (χ2v) is 23.3. The lowest BCUT2D eigenvalue weighted by Gasteiger charge is -2.37. The minimum atomic E-state index is -2.55. The number of carbonyl (C=O) groups excluding carboxylic acids is 4. The van der Waals surface area contributed by atoms with Gasteiger partial charge in [-0.05, 0) is 92.1 Å². The monoisotopic (exact) mass is 848 g/mol. The Labute approximate surface area is 362 Å². The van der Waals surface area contributed by atoms with E-state index in [0.29, 0.717) is 39.0 Å². The van der Waals surface area contributed by atoms with Gasteiger partial charge < -0.3 is 34.2 Å². The van der Waals surface area contributed by atoms with Crippen molar-refractivity contribution in [2.45, 2.75) is 133 Å². The van der Waals surface area contributed by atoms with Gasteiger partial charge >= 0.3 is 0 Å². The van der Waals surface area contributed by atoms with Crippen LogP contribution < -0.4 is 24.6 Å². The largest absolute Gasteiger partial charge is 0.497 e. The van der Waals surface area contributed by atoms with E-state index in [1.165, 1.54) is 5.19 Å². The number of benzene rings is 3. The lowest BCUT2D eigenvalue weighted by molar-refractivity contribution is -0.150. The van der Waals surface area contributed by atoms with Crippen LogP contribution in [0.5, 0.6) is 5.75 Å². The van der Waals surface area contributed by atoms with E-state index in [1.807, 2.05) is 74.2 Å². The van der Waals surface area contributed by atoms with Crippen LogP contribution in [-0.2, 0) is 36.1 Å². The molecule has 4 saturated heterocycles. The summed E-state index contributed by atoms with van der Waals surface area (Å²) < 4.78 is 12.9. The fourth-order valence-electron chi connectivity index (χ4n) is 11.3. The number of ether oxygens (including phenoxy) is 2. The van der Waals surface area contributed by atoms with Gasteiger partial charge in [0.2, 0.25) is 17.7 Å². The molecule has 61 heavy (non-hydrogen) atoms. The first kappa shape index (κ1) is 43.1. The molecule has 3 aromatic rings. The van der Waals surface area contributed by atoms with Crippen LogP contribution in [0.1, 0.15) is 102 Å². The Hall–Kier alpha value is -4.52. The molecular weight excluding hydrogens is 785 g/mol. The second kappa shape index (κ2) is 18.1. The predicted octanol–water partition coefficient (Wildman–Crippen LogP) is 7.43. The fraction of sp³-hybridized carbons (Fsp3) is 0.551. The van der Waals surface area contributed by atoms with Gasteiger partial charge in [-0.25, -0.2) is 0 Å². The van der Waals surface area contributed by atoms with Crippen molar-refractivity contribution in [3.05, 3.63) is 77.9 Å². The summed E-state index contributed by atoms with van der Waals surface area (Å²) in [7, 11) is -0.896. The van der Waals surface area contributed by atoms with E-state index in [-0.39, 0.29) is 54.2 Å². The third-order valence-electron chi connectivity index (χ3n) is 14.7. The van der Waals surface area contributed by atoms with Crippen LogP contribution in [0.4, 0.5) is 17.1 Å². The minimum Gasteiger partial charge on any atom is -0.497 e. The van der Waals surface area contributed by atoms with E-state index in [1.54, 1.807) is 7.11 Å². The van der Waals surface area contributed by atoms with Crippen molar-refractivity contribution in [1.29, 1.82) is 0 Å². The first-order valence-electron chi connectivity index (χ1n) is 22.9. The molecule has 1 spiro atoms. The molecule has 0 aromatic heterocycles. The molecule has 4 amide bonds. The highest BCUT2D eigenvalue weighted by Gasteiger charge is 2.66. The van der Waals surface area contributed by atoms with Crippen LogP contribution in [0.15, 0.2) is 66.7 Å². The number of hydrogen-bond acceptors (Lipinski definition) is 7. The van der Waals surface area contributed by atoms with Gasteiger partial charge in [0.25, 0.3) is 5.91 Å². The molecule has 3 aromatic carbocycles. The third kappa shape index (κ3) is 8.16. The second-order valence-electron chi connectivity index (χ2n) is 18.6. The number of rotatable bonds is 10. The van der Waals surface area contributed by atoms with Gasteiger partial charge in [0.1, 0.15) is 5.75 Å². The normalized spacial score (nSPS) is 26.3. The van der Waals surface area contributed by atoms with Crippen molar-refractivity contribution < 1.29 is 33.8 Å². The Morgan fingerprint density at radius 1 is 0.803 bits per heavy atom. The summed E-state index contributed by atoms with van der Waals surface area (Å²) in [4.78, 5) is 64.2. The highest BCUT2D eigenvalue weighted by atomic mass is 28.3. The molecule has 326 valence electrons. The maximum atomic E-state index is 15.7. The molecule has 0 radical (unpaired) electrons. The average Bonchev–Trinajstić information content (AvgIpc) is 3.91. The molecule has 0 aliphatic carbocycles. The number of anilines is 3. The number of hydrogen-bond donors (Lipinski definition) is 1. The van der Waals surface area contributed by atoms with Crippen LogP contribution in [0.25, 0.3) is 0 Å². The molecule has 4 fully saturated rings. The zero-order valence-electron chi connectivity index (χ0n) is 36.6. The number of aliphatic hydroxyl groups excluding tert-OH is 1. The number of methoxy groups -OCH3 is 1. The minimum absolute atomic E-state index is 0.0589. The smallest absolute Gasteiger partial charge is 0.264 e.